The molecule has 1 amide bonds. The number of carbonyl (C=O) groups is 1. The number of benzene rings is 2. The first-order chi connectivity index (χ1) is 18.9. The monoisotopic (exact) mass is 554 g/mol. The van der Waals surface area contributed by atoms with Gasteiger partial charge in [0.1, 0.15) is 34.3 Å². The fraction of sp³-hybridized carbons (Fsp3) is 0.207. The van der Waals surface area contributed by atoms with E-state index in [0.717, 1.165) is 40.8 Å². The number of hydrogen-bond donors (Lipinski definition) is 2. The van der Waals surface area contributed by atoms with E-state index in [1.54, 1.807) is 6.92 Å². The summed E-state index contributed by atoms with van der Waals surface area (Å²) >= 11 is 2.43. The normalized spacial score (nSPS) is 11.3. The summed E-state index contributed by atoms with van der Waals surface area (Å²) in [5, 5.41) is 24.7. The van der Waals surface area contributed by atoms with Crippen molar-refractivity contribution in [3.63, 3.8) is 0 Å². The molecule has 2 heterocycles. The molecule has 4 rings (SSSR count). The van der Waals surface area contributed by atoms with Gasteiger partial charge in [-0.2, -0.15) is 10.5 Å². The summed E-state index contributed by atoms with van der Waals surface area (Å²) in [7, 11) is 0. The minimum absolute atomic E-state index is 0.0149. The van der Waals surface area contributed by atoms with Gasteiger partial charge in [-0.05, 0) is 55.7 Å². The van der Waals surface area contributed by atoms with Gasteiger partial charge in [-0.15, -0.1) is 11.3 Å². The van der Waals surface area contributed by atoms with Gasteiger partial charge in [-0.3, -0.25) is 4.79 Å². The Morgan fingerprint density at radius 1 is 1.05 bits per heavy atom. The molecule has 10 heteroatoms. The number of anilines is 2. The van der Waals surface area contributed by atoms with E-state index >= 15 is 0 Å². The van der Waals surface area contributed by atoms with Crippen molar-refractivity contribution in [1.82, 2.24) is 9.97 Å². The minimum atomic E-state index is -0.620. The molecular weight excluding hydrogens is 528 g/mol. The maximum Gasteiger partial charge on any atom is 0.239 e. The zero-order chi connectivity index (χ0) is 27.9. The number of nitriles is 2. The van der Waals surface area contributed by atoms with Crippen molar-refractivity contribution in [2.75, 3.05) is 17.7 Å². The highest BCUT2D eigenvalue weighted by Crippen LogP contribution is 2.37. The predicted molar refractivity (Wildman–Crippen MR) is 156 cm³/mol. The second-order valence-corrected chi connectivity index (χ2v) is 10.6. The number of nitrogen functional groups attached to an aromatic ring is 1. The molecule has 0 radical (unpaired) electrons. The van der Waals surface area contributed by atoms with Crippen LogP contribution in [0.25, 0.3) is 22.4 Å². The van der Waals surface area contributed by atoms with Crippen LogP contribution in [0.15, 0.2) is 58.9 Å². The van der Waals surface area contributed by atoms with Crippen LogP contribution in [-0.2, 0) is 11.2 Å². The highest BCUT2D eigenvalue weighted by Gasteiger charge is 2.24. The van der Waals surface area contributed by atoms with Crippen LogP contribution >= 0.6 is 23.1 Å². The van der Waals surface area contributed by atoms with Crippen molar-refractivity contribution in [2.45, 2.75) is 37.5 Å². The Morgan fingerprint density at radius 3 is 2.33 bits per heavy atom. The van der Waals surface area contributed by atoms with E-state index in [9.17, 15) is 15.3 Å². The van der Waals surface area contributed by atoms with Crippen molar-refractivity contribution in [3.05, 3.63) is 70.6 Å². The van der Waals surface area contributed by atoms with Gasteiger partial charge in [0.15, 0.2) is 5.13 Å². The van der Waals surface area contributed by atoms with Crippen LogP contribution in [0.1, 0.15) is 37.5 Å². The molecule has 0 bridgehead atoms. The van der Waals surface area contributed by atoms with Gasteiger partial charge in [0, 0.05) is 16.5 Å². The number of nitrogens with one attached hydrogen (secondary N) is 1. The Kier molecular flexibility index (Phi) is 8.82. The molecule has 0 aliphatic heterocycles. The summed E-state index contributed by atoms with van der Waals surface area (Å²) in [6.45, 7) is 6.29. The molecular formula is C29H26N6O2S2. The largest absolute Gasteiger partial charge is 0.494 e. The zero-order valence-electron chi connectivity index (χ0n) is 21.7. The van der Waals surface area contributed by atoms with Gasteiger partial charge in [0.05, 0.1) is 23.1 Å². The number of amides is 1. The van der Waals surface area contributed by atoms with E-state index in [-0.39, 0.29) is 22.9 Å². The van der Waals surface area contributed by atoms with Crippen LogP contribution in [0.2, 0.25) is 0 Å². The first kappa shape index (κ1) is 27.6. The number of hydrogen-bond acceptors (Lipinski definition) is 9. The maximum atomic E-state index is 13.0. The standard InChI is InChI=1S/C29H26N6O2S2/c1-4-18-6-8-20(9-7-18)25-22(14-30)26(32)34-28(23(25)15-31)39-17(3)27(36)35-29-33-24(16-38-29)19-10-12-21(13-11-19)37-5-2/h6-13,16-17H,4-5H2,1-3H3,(H2,32,34)(H,33,35,36). The third-order valence-corrected chi connectivity index (χ3v) is 7.76. The molecule has 0 aliphatic carbocycles. The average molecular weight is 555 g/mol. The molecule has 0 saturated heterocycles. The summed E-state index contributed by atoms with van der Waals surface area (Å²) < 4.78 is 5.48. The van der Waals surface area contributed by atoms with Crippen molar-refractivity contribution in [2.24, 2.45) is 0 Å². The number of aryl methyl sites for hydroxylation is 1. The number of nitrogens with zero attached hydrogens (tertiary/aromatic N) is 4. The summed E-state index contributed by atoms with van der Waals surface area (Å²) in [6, 6.07) is 19.5. The fourth-order valence-corrected chi connectivity index (χ4v) is 5.50. The second-order valence-electron chi connectivity index (χ2n) is 8.45. The molecule has 1 unspecified atom stereocenters. The van der Waals surface area contributed by atoms with Gasteiger partial charge < -0.3 is 15.8 Å². The first-order valence-electron chi connectivity index (χ1n) is 12.3. The summed E-state index contributed by atoms with van der Waals surface area (Å²) in [5.41, 5.74) is 10.4. The van der Waals surface area contributed by atoms with E-state index in [4.69, 9.17) is 10.5 Å². The smallest absolute Gasteiger partial charge is 0.239 e. The molecule has 0 aliphatic rings. The molecule has 4 aromatic rings. The molecule has 0 saturated carbocycles. The van der Waals surface area contributed by atoms with E-state index in [1.807, 2.05) is 60.8 Å². The number of carbonyl (C=O) groups excluding carboxylic acids is 1. The number of thiazole rings is 1. The van der Waals surface area contributed by atoms with E-state index < -0.39 is 5.25 Å². The molecule has 196 valence electrons. The van der Waals surface area contributed by atoms with E-state index in [1.165, 1.54) is 11.3 Å². The Labute approximate surface area is 235 Å². The molecule has 8 nitrogen and oxygen atoms in total. The number of nitrogens with two attached hydrogens (primary N) is 1. The van der Waals surface area contributed by atoms with Gasteiger partial charge in [0.2, 0.25) is 5.91 Å². The lowest BCUT2D eigenvalue weighted by molar-refractivity contribution is -0.115. The van der Waals surface area contributed by atoms with Gasteiger partial charge in [0.25, 0.3) is 0 Å². The fourth-order valence-electron chi connectivity index (χ4n) is 3.86. The lowest BCUT2D eigenvalue weighted by Crippen LogP contribution is -2.22. The van der Waals surface area contributed by atoms with E-state index in [2.05, 4.69) is 34.3 Å². The highest BCUT2D eigenvalue weighted by atomic mass is 32.2. The molecule has 39 heavy (non-hydrogen) atoms. The number of ether oxygens (including phenoxy) is 1. The molecule has 2 aromatic heterocycles. The van der Waals surface area contributed by atoms with Crippen LogP contribution in [0.3, 0.4) is 0 Å². The summed E-state index contributed by atoms with van der Waals surface area (Å²) in [5.74, 6) is 0.502. The quantitative estimate of drug-likeness (QED) is 0.231. The van der Waals surface area contributed by atoms with Crippen molar-refractivity contribution >= 4 is 40.0 Å². The predicted octanol–water partition coefficient (Wildman–Crippen LogP) is 6.28. The van der Waals surface area contributed by atoms with Gasteiger partial charge in [-0.25, -0.2) is 9.97 Å². The molecule has 0 fully saturated rings. The Balaban J connectivity index is 1.54. The molecule has 3 N–H and O–H groups in total. The van der Waals surface area contributed by atoms with E-state index in [0.29, 0.717) is 27.9 Å². The Bertz CT molecular complexity index is 1570. The topological polar surface area (TPSA) is 138 Å². The lowest BCUT2D eigenvalue weighted by Gasteiger charge is -2.15. The van der Waals surface area contributed by atoms with Crippen molar-refractivity contribution < 1.29 is 9.53 Å². The molecule has 2 aromatic carbocycles. The van der Waals surface area contributed by atoms with Crippen LogP contribution in [0.5, 0.6) is 5.75 Å². The minimum Gasteiger partial charge on any atom is -0.494 e. The first-order valence-corrected chi connectivity index (χ1v) is 14.0. The number of rotatable bonds is 9. The summed E-state index contributed by atoms with van der Waals surface area (Å²) in [6.07, 6.45) is 0.865. The van der Waals surface area contributed by atoms with Crippen LogP contribution in [0, 0.1) is 22.7 Å². The van der Waals surface area contributed by atoms with Gasteiger partial charge in [-0.1, -0.05) is 43.0 Å². The third-order valence-electron chi connectivity index (χ3n) is 5.92. The highest BCUT2D eigenvalue weighted by molar-refractivity contribution is 8.00. The molecule has 0 spiro atoms. The Morgan fingerprint density at radius 2 is 1.72 bits per heavy atom. The van der Waals surface area contributed by atoms with Crippen molar-refractivity contribution in [3.8, 4) is 40.3 Å². The zero-order valence-corrected chi connectivity index (χ0v) is 23.3. The van der Waals surface area contributed by atoms with Crippen molar-refractivity contribution in [1.29, 1.82) is 10.5 Å². The van der Waals surface area contributed by atoms with Gasteiger partial charge >= 0.3 is 0 Å². The average Bonchev–Trinajstić information content (AvgIpc) is 3.41. The Hall–Kier alpha value is -4.38. The summed E-state index contributed by atoms with van der Waals surface area (Å²) in [4.78, 5) is 21.9. The van der Waals surface area contributed by atoms with Crippen LogP contribution < -0.4 is 15.8 Å². The SMILES string of the molecule is CCOc1ccc(-c2csc(NC(=O)C(C)Sc3nc(N)c(C#N)c(-c4ccc(CC)cc4)c3C#N)n2)cc1. The number of aromatic nitrogens is 2. The maximum absolute atomic E-state index is 13.0. The number of thioether (sulfide) groups is 1. The number of pyridine rings is 1. The lowest BCUT2D eigenvalue weighted by atomic mass is 9.96. The molecule has 1 atom stereocenters. The second kappa shape index (κ2) is 12.4. The van der Waals surface area contributed by atoms with Crippen LogP contribution in [0.4, 0.5) is 10.9 Å². The third kappa shape index (κ3) is 6.20. The van der Waals surface area contributed by atoms with Crippen LogP contribution in [-0.4, -0.2) is 27.7 Å².